The molecule has 0 bridgehead atoms. The summed E-state index contributed by atoms with van der Waals surface area (Å²) in [6, 6.07) is 10.1. The van der Waals surface area contributed by atoms with Crippen LogP contribution in [0.5, 0.6) is 5.75 Å². The number of nitrogens with one attached hydrogen (secondary N) is 3. The maximum Gasteiger partial charge on any atom is 0.324 e. The molecule has 2 aromatic heterocycles. The third kappa shape index (κ3) is 4.72. The van der Waals surface area contributed by atoms with E-state index in [0.29, 0.717) is 13.0 Å². The van der Waals surface area contributed by atoms with Crippen LogP contribution in [0, 0.1) is 0 Å². The standard InChI is InChI=1S/C23H25N5O4/c1-32-17-5-6-19-18(12-17)15(13-25-19)9-11-28-22(30)20(27-23(28)31)7-8-21(29)26-14-16-4-2-3-10-24-16/h2-6,10,12-13,20,25H,7-9,11,14H2,1H3,(H,26,29)(H,27,31)/t20-/m0/s1. The number of imide groups is 1. The first-order valence-electron chi connectivity index (χ1n) is 10.5. The second-order valence-electron chi connectivity index (χ2n) is 7.60. The summed E-state index contributed by atoms with van der Waals surface area (Å²) in [6.07, 6.45) is 4.45. The van der Waals surface area contributed by atoms with E-state index >= 15 is 0 Å². The van der Waals surface area contributed by atoms with E-state index in [2.05, 4.69) is 20.6 Å². The number of aromatic amines is 1. The summed E-state index contributed by atoms with van der Waals surface area (Å²) in [5, 5.41) is 6.46. The smallest absolute Gasteiger partial charge is 0.324 e. The lowest BCUT2D eigenvalue weighted by Gasteiger charge is -2.13. The van der Waals surface area contributed by atoms with Crippen molar-refractivity contribution in [2.45, 2.75) is 31.8 Å². The fourth-order valence-electron chi connectivity index (χ4n) is 3.76. The minimum absolute atomic E-state index is 0.138. The molecule has 0 unspecified atom stereocenters. The topological polar surface area (TPSA) is 116 Å². The molecular weight excluding hydrogens is 410 g/mol. The quantitative estimate of drug-likeness (QED) is 0.445. The van der Waals surface area contributed by atoms with Gasteiger partial charge in [-0.1, -0.05) is 6.07 Å². The van der Waals surface area contributed by atoms with E-state index in [1.165, 1.54) is 4.90 Å². The highest BCUT2D eigenvalue weighted by Gasteiger charge is 2.37. The highest BCUT2D eigenvalue weighted by Crippen LogP contribution is 2.24. The Balaban J connectivity index is 1.29. The Morgan fingerprint density at radius 3 is 2.91 bits per heavy atom. The fourth-order valence-corrected chi connectivity index (χ4v) is 3.76. The van der Waals surface area contributed by atoms with Crippen molar-refractivity contribution < 1.29 is 19.1 Å². The van der Waals surface area contributed by atoms with Crippen LogP contribution in [0.15, 0.2) is 48.8 Å². The summed E-state index contributed by atoms with van der Waals surface area (Å²) < 4.78 is 5.28. The third-order valence-electron chi connectivity index (χ3n) is 5.54. The number of carbonyl (C=O) groups is 3. The number of aromatic nitrogens is 2. The number of fused-ring (bicyclic) bond motifs is 1. The molecule has 3 N–H and O–H groups in total. The van der Waals surface area contributed by atoms with Crippen LogP contribution in [-0.4, -0.2) is 52.4 Å². The van der Waals surface area contributed by atoms with E-state index in [9.17, 15) is 14.4 Å². The average molecular weight is 435 g/mol. The molecule has 0 saturated carbocycles. The van der Waals surface area contributed by atoms with Gasteiger partial charge in [-0.15, -0.1) is 0 Å². The van der Waals surface area contributed by atoms with Crippen molar-refractivity contribution in [1.29, 1.82) is 0 Å². The Morgan fingerprint density at radius 2 is 2.12 bits per heavy atom. The average Bonchev–Trinajstić information content (AvgIpc) is 3.34. The molecule has 1 saturated heterocycles. The molecule has 0 aliphatic carbocycles. The number of benzene rings is 1. The molecule has 3 heterocycles. The van der Waals surface area contributed by atoms with E-state index in [1.807, 2.05) is 36.5 Å². The molecule has 1 aromatic carbocycles. The van der Waals surface area contributed by atoms with Crippen molar-refractivity contribution in [3.8, 4) is 5.75 Å². The van der Waals surface area contributed by atoms with Gasteiger partial charge in [-0.05, 0) is 48.7 Å². The number of carbonyl (C=O) groups excluding carboxylic acids is 3. The summed E-state index contributed by atoms with van der Waals surface area (Å²) in [4.78, 5) is 45.7. The number of pyridine rings is 1. The van der Waals surface area contributed by atoms with Crippen LogP contribution in [0.4, 0.5) is 4.79 Å². The summed E-state index contributed by atoms with van der Waals surface area (Å²) in [5.41, 5.74) is 2.72. The van der Waals surface area contributed by atoms with Crippen LogP contribution < -0.4 is 15.4 Å². The Labute approximate surface area is 185 Å². The lowest BCUT2D eigenvalue weighted by atomic mass is 10.1. The normalized spacial score (nSPS) is 15.8. The van der Waals surface area contributed by atoms with Gasteiger partial charge in [-0.2, -0.15) is 0 Å². The van der Waals surface area contributed by atoms with E-state index in [1.54, 1.807) is 19.4 Å². The Morgan fingerprint density at radius 1 is 1.25 bits per heavy atom. The van der Waals surface area contributed by atoms with Crippen LogP contribution in [0.25, 0.3) is 10.9 Å². The van der Waals surface area contributed by atoms with Gasteiger partial charge in [0, 0.05) is 36.3 Å². The zero-order chi connectivity index (χ0) is 22.5. The summed E-state index contributed by atoms with van der Waals surface area (Å²) in [5.74, 6) is 0.253. The van der Waals surface area contributed by atoms with Gasteiger partial charge in [-0.25, -0.2) is 4.79 Å². The van der Waals surface area contributed by atoms with Crippen molar-refractivity contribution in [1.82, 2.24) is 25.5 Å². The van der Waals surface area contributed by atoms with E-state index in [4.69, 9.17) is 4.74 Å². The van der Waals surface area contributed by atoms with Crippen LogP contribution in [-0.2, 0) is 22.6 Å². The van der Waals surface area contributed by atoms with Crippen LogP contribution in [0.1, 0.15) is 24.1 Å². The number of H-pyrrole nitrogens is 1. The van der Waals surface area contributed by atoms with Crippen LogP contribution in [0.3, 0.4) is 0 Å². The summed E-state index contributed by atoms with van der Waals surface area (Å²) in [6.45, 7) is 0.587. The van der Waals surface area contributed by atoms with Crippen molar-refractivity contribution in [3.05, 3.63) is 60.0 Å². The van der Waals surface area contributed by atoms with Gasteiger partial charge in [0.15, 0.2) is 0 Å². The number of ether oxygens (including phenoxy) is 1. The molecule has 1 fully saturated rings. The zero-order valence-electron chi connectivity index (χ0n) is 17.8. The second kappa shape index (κ2) is 9.51. The first kappa shape index (κ1) is 21.4. The molecule has 32 heavy (non-hydrogen) atoms. The highest BCUT2D eigenvalue weighted by atomic mass is 16.5. The molecule has 9 nitrogen and oxygen atoms in total. The minimum Gasteiger partial charge on any atom is -0.497 e. The van der Waals surface area contributed by atoms with Crippen molar-refractivity contribution in [2.24, 2.45) is 0 Å². The number of nitrogens with zero attached hydrogens (tertiary/aromatic N) is 2. The van der Waals surface area contributed by atoms with E-state index in [0.717, 1.165) is 27.9 Å². The van der Waals surface area contributed by atoms with Gasteiger partial charge in [0.05, 0.1) is 19.3 Å². The summed E-state index contributed by atoms with van der Waals surface area (Å²) in [7, 11) is 1.61. The van der Waals surface area contributed by atoms with Gasteiger partial charge in [0.2, 0.25) is 5.91 Å². The first-order valence-corrected chi connectivity index (χ1v) is 10.5. The van der Waals surface area contributed by atoms with Gasteiger partial charge >= 0.3 is 6.03 Å². The number of hydrogen-bond donors (Lipinski definition) is 3. The maximum atomic E-state index is 12.7. The molecule has 4 rings (SSSR count). The van der Waals surface area contributed by atoms with Gasteiger partial charge in [0.1, 0.15) is 11.8 Å². The van der Waals surface area contributed by atoms with E-state index < -0.39 is 12.1 Å². The third-order valence-corrected chi connectivity index (χ3v) is 5.54. The Hall–Kier alpha value is -3.88. The number of methoxy groups -OCH3 is 1. The maximum absolute atomic E-state index is 12.7. The number of urea groups is 1. The molecule has 9 heteroatoms. The minimum atomic E-state index is -0.689. The molecule has 1 atom stereocenters. The fraction of sp³-hybridized carbons (Fsp3) is 0.304. The molecule has 1 aliphatic heterocycles. The van der Waals surface area contributed by atoms with Gasteiger partial charge < -0.3 is 20.4 Å². The summed E-state index contributed by atoms with van der Waals surface area (Å²) >= 11 is 0. The van der Waals surface area contributed by atoms with Crippen molar-refractivity contribution in [3.63, 3.8) is 0 Å². The Kier molecular flexibility index (Phi) is 6.34. The highest BCUT2D eigenvalue weighted by molar-refractivity contribution is 6.04. The molecular formula is C23H25N5O4. The monoisotopic (exact) mass is 435 g/mol. The molecule has 4 amide bonds. The first-order chi connectivity index (χ1) is 15.5. The lowest BCUT2D eigenvalue weighted by molar-refractivity contribution is -0.127. The SMILES string of the molecule is COc1ccc2[nH]cc(CCN3C(=O)N[C@@H](CCC(=O)NCc4ccccn4)C3=O)c2c1. The molecule has 0 spiro atoms. The largest absolute Gasteiger partial charge is 0.497 e. The molecule has 0 radical (unpaired) electrons. The lowest BCUT2D eigenvalue weighted by Crippen LogP contribution is -2.34. The second-order valence-corrected chi connectivity index (χ2v) is 7.60. The molecule has 1 aliphatic rings. The number of rotatable bonds is 9. The molecule has 166 valence electrons. The van der Waals surface area contributed by atoms with Gasteiger partial charge in [-0.3, -0.25) is 19.5 Å². The van der Waals surface area contributed by atoms with Crippen LogP contribution in [0.2, 0.25) is 0 Å². The molecule has 3 aromatic rings. The number of hydrogen-bond acceptors (Lipinski definition) is 5. The predicted molar refractivity (Wildman–Crippen MR) is 118 cm³/mol. The zero-order valence-corrected chi connectivity index (χ0v) is 17.8. The van der Waals surface area contributed by atoms with E-state index in [-0.39, 0.29) is 31.2 Å². The Bertz CT molecular complexity index is 1130. The number of amides is 4. The van der Waals surface area contributed by atoms with Crippen molar-refractivity contribution in [2.75, 3.05) is 13.7 Å². The predicted octanol–water partition coefficient (Wildman–Crippen LogP) is 2.13. The van der Waals surface area contributed by atoms with Crippen molar-refractivity contribution >= 4 is 28.7 Å². The van der Waals surface area contributed by atoms with Gasteiger partial charge in [0.25, 0.3) is 5.91 Å². The van der Waals surface area contributed by atoms with Crippen LogP contribution >= 0.6 is 0 Å².